The first kappa shape index (κ1) is 19.1. The molecule has 0 radical (unpaired) electrons. The Morgan fingerprint density at radius 3 is 2.39 bits per heavy atom. The average molecular weight is 415 g/mol. The van der Waals surface area contributed by atoms with E-state index < -0.39 is 0 Å². The van der Waals surface area contributed by atoms with Crippen LogP contribution in [-0.2, 0) is 0 Å². The predicted molar refractivity (Wildman–Crippen MR) is 114 cm³/mol. The Morgan fingerprint density at radius 2 is 1.68 bits per heavy atom. The molecule has 2 aromatic heterocycles. The zero-order valence-corrected chi connectivity index (χ0v) is 16.7. The Balaban J connectivity index is 1.23. The van der Waals surface area contributed by atoms with E-state index in [-0.39, 0.29) is 23.4 Å². The third kappa shape index (κ3) is 3.81. The summed E-state index contributed by atoms with van der Waals surface area (Å²) in [5.74, 6) is 0.675. The minimum absolute atomic E-state index is 0.0873. The van der Waals surface area contributed by atoms with E-state index in [2.05, 4.69) is 36.1 Å². The van der Waals surface area contributed by atoms with Crippen LogP contribution in [0.15, 0.2) is 53.3 Å². The SMILES string of the molecule is O=C(NC1CCC(c2n[nH]c(=O)c3ccccc23)CC1)c1ccc(-c2nn[nH]n2)cc1. The van der Waals surface area contributed by atoms with Crippen molar-refractivity contribution in [2.75, 3.05) is 0 Å². The van der Waals surface area contributed by atoms with Crippen molar-refractivity contribution in [3.63, 3.8) is 0 Å². The van der Waals surface area contributed by atoms with Gasteiger partial charge in [0.15, 0.2) is 0 Å². The summed E-state index contributed by atoms with van der Waals surface area (Å²) in [6.45, 7) is 0. The Morgan fingerprint density at radius 1 is 0.935 bits per heavy atom. The van der Waals surface area contributed by atoms with Crippen LogP contribution in [0.3, 0.4) is 0 Å². The van der Waals surface area contributed by atoms with Gasteiger partial charge in [-0.25, -0.2) is 5.10 Å². The van der Waals surface area contributed by atoms with Crippen molar-refractivity contribution in [3.05, 3.63) is 70.1 Å². The summed E-state index contributed by atoms with van der Waals surface area (Å²) in [4.78, 5) is 24.7. The molecule has 4 aromatic rings. The Bertz CT molecular complexity index is 1260. The van der Waals surface area contributed by atoms with Gasteiger partial charge in [0.05, 0.1) is 11.1 Å². The van der Waals surface area contributed by atoms with Gasteiger partial charge in [-0.05, 0) is 49.1 Å². The van der Waals surface area contributed by atoms with Crippen LogP contribution in [0, 0.1) is 0 Å². The summed E-state index contributed by atoms with van der Waals surface area (Å²) in [6.07, 6.45) is 3.55. The number of tetrazole rings is 1. The van der Waals surface area contributed by atoms with Crippen LogP contribution in [0.2, 0.25) is 0 Å². The maximum absolute atomic E-state index is 12.7. The maximum Gasteiger partial charge on any atom is 0.272 e. The van der Waals surface area contributed by atoms with Gasteiger partial charge in [-0.3, -0.25) is 9.59 Å². The normalized spacial score (nSPS) is 18.7. The standard InChI is InChI=1S/C22H21N7O2/c30-21(15-7-5-14(6-8-15)20-25-28-29-26-20)23-16-11-9-13(10-12-16)19-17-3-1-2-4-18(17)22(31)27-24-19/h1-8,13,16H,9-12H2,(H,23,30)(H,27,31)(H,25,26,28,29). The fraction of sp³-hybridized carbons (Fsp3) is 0.273. The lowest BCUT2D eigenvalue weighted by molar-refractivity contribution is 0.0925. The van der Waals surface area contributed by atoms with Gasteiger partial charge in [-0.15, -0.1) is 10.2 Å². The Hall–Kier alpha value is -3.88. The van der Waals surface area contributed by atoms with Gasteiger partial charge in [0.25, 0.3) is 11.5 Å². The van der Waals surface area contributed by atoms with Crippen molar-refractivity contribution in [2.24, 2.45) is 0 Å². The molecule has 0 unspecified atom stereocenters. The number of rotatable bonds is 4. The fourth-order valence-corrected chi connectivity index (χ4v) is 4.28. The van der Waals surface area contributed by atoms with Gasteiger partial charge in [0.1, 0.15) is 0 Å². The third-order valence-electron chi connectivity index (χ3n) is 5.93. The molecule has 0 atom stereocenters. The molecule has 31 heavy (non-hydrogen) atoms. The van der Waals surface area contributed by atoms with E-state index in [1.54, 1.807) is 12.1 Å². The summed E-state index contributed by atoms with van der Waals surface area (Å²) in [5.41, 5.74) is 2.18. The lowest BCUT2D eigenvalue weighted by Gasteiger charge is -2.29. The van der Waals surface area contributed by atoms with Crippen molar-refractivity contribution in [1.82, 2.24) is 36.1 Å². The number of aromatic nitrogens is 6. The van der Waals surface area contributed by atoms with E-state index in [9.17, 15) is 9.59 Å². The molecule has 1 aliphatic rings. The van der Waals surface area contributed by atoms with Crippen LogP contribution in [0.25, 0.3) is 22.2 Å². The molecule has 0 aliphatic heterocycles. The monoisotopic (exact) mass is 415 g/mol. The average Bonchev–Trinajstić information content (AvgIpc) is 3.35. The van der Waals surface area contributed by atoms with E-state index in [0.717, 1.165) is 42.3 Å². The van der Waals surface area contributed by atoms with Crippen molar-refractivity contribution in [1.29, 1.82) is 0 Å². The van der Waals surface area contributed by atoms with E-state index in [0.29, 0.717) is 16.8 Å². The lowest BCUT2D eigenvalue weighted by Crippen LogP contribution is -2.37. The summed E-state index contributed by atoms with van der Waals surface area (Å²) in [6, 6.07) is 14.9. The number of H-pyrrole nitrogens is 2. The third-order valence-corrected chi connectivity index (χ3v) is 5.93. The topological polar surface area (TPSA) is 129 Å². The number of carbonyl (C=O) groups excluding carboxylic acids is 1. The highest BCUT2D eigenvalue weighted by atomic mass is 16.1. The van der Waals surface area contributed by atoms with Crippen LogP contribution in [0.5, 0.6) is 0 Å². The van der Waals surface area contributed by atoms with Gasteiger partial charge in [-0.1, -0.05) is 30.3 Å². The highest BCUT2D eigenvalue weighted by molar-refractivity contribution is 5.94. The van der Waals surface area contributed by atoms with Crippen LogP contribution in [0.1, 0.15) is 47.7 Å². The maximum atomic E-state index is 12.7. The molecule has 0 bridgehead atoms. The van der Waals surface area contributed by atoms with E-state index in [4.69, 9.17) is 0 Å². The predicted octanol–water partition coefficient (Wildman–Crippen LogP) is 2.56. The molecule has 156 valence electrons. The molecule has 1 fully saturated rings. The second kappa shape index (κ2) is 8.10. The number of nitrogens with zero attached hydrogens (tertiary/aromatic N) is 4. The highest BCUT2D eigenvalue weighted by Crippen LogP contribution is 2.34. The number of amides is 1. The minimum Gasteiger partial charge on any atom is -0.349 e. The minimum atomic E-state index is -0.161. The van der Waals surface area contributed by atoms with Crippen molar-refractivity contribution in [3.8, 4) is 11.4 Å². The summed E-state index contributed by atoms with van der Waals surface area (Å²) in [7, 11) is 0. The van der Waals surface area contributed by atoms with E-state index >= 15 is 0 Å². The zero-order valence-electron chi connectivity index (χ0n) is 16.7. The van der Waals surface area contributed by atoms with Crippen LogP contribution in [-0.4, -0.2) is 42.8 Å². The van der Waals surface area contributed by atoms with Gasteiger partial charge < -0.3 is 5.32 Å². The van der Waals surface area contributed by atoms with Crippen molar-refractivity contribution in [2.45, 2.75) is 37.6 Å². The first-order valence-corrected chi connectivity index (χ1v) is 10.3. The molecule has 5 rings (SSSR count). The van der Waals surface area contributed by atoms with Crippen molar-refractivity contribution >= 4 is 16.7 Å². The summed E-state index contributed by atoms with van der Waals surface area (Å²) >= 11 is 0. The van der Waals surface area contributed by atoms with Crippen LogP contribution >= 0.6 is 0 Å². The lowest BCUT2D eigenvalue weighted by atomic mass is 9.82. The van der Waals surface area contributed by atoms with Crippen LogP contribution < -0.4 is 10.9 Å². The Labute approximate surface area is 177 Å². The highest BCUT2D eigenvalue weighted by Gasteiger charge is 2.26. The van der Waals surface area contributed by atoms with E-state index in [1.807, 2.05) is 36.4 Å². The molecule has 1 aliphatic carbocycles. The summed E-state index contributed by atoms with van der Waals surface area (Å²) < 4.78 is 0. The summed E-state index contributed by atoms with van der Waals surface area (Å²) in [5, 5.41) is 25.5. The quantitative estimate of drug-likeness (QED) is 0.470. The van der Waals surface area contributed by atoms with Gasteiger partial charge in [0.2, 0.25) is 5.82 Å². The number of carbonyl (C=O) groups is 1. The van der Waals surface area contributed by atoms with Gasteiger partial charge in [0, 0.05) is 28.5 Å². The number of hydrogen-bond donors (Lipinski definition) is 3. The Kier molecular flexibility index (Phi) is 4.99. The largest absolute Gasteiger partial charge is 0.349 e. The smallest absolute Gasteiger partial charge is 0.272 e. The number of fused-ring (bicyclic) bond motifs is 1. The molecule has 1 saturated carbocycles. The molecule has 9 nitrogen and oxygen atoms in total. The molecule has 1 amide bonds. The number of benzene rings is 2. The molecule has 0 saturated heterocycles. The second-order valence-corrected chi connectivity index (χ2v) is 7.82. The number of aromatic amines is 2. The molecular weight excluding hydrogens is 394 g/mol. The molecular formula is C22H21N7O2. The number of nitrogens with one attached hydrogen (secondary N) is 3. The molecule has 3 N–H and O–H groups in total. The molecule has 9 heteroatoms. The molecule has 2 aromatic carbocycles. The zero-order chi connectivity index (χ0) is 21.2. The first-order valence-electron chi connectivity index (χ1n) is 10.3. The van der Waals surface area contributed by atoms with Gasteiger partial charge in [-0.2, -0.15) is 10.3 Å². The second-order valence-electron chi connectivity index (χ2n) is 7.82. The number of hydrogen-bond acceptors (Lipinski definition) is 6. The fourth-order valence-electron chi connectivity index (χ4n) is 4.28. The van der Waals surface area contributed by atoms with Crippen molar-refractivity contribution < 1.29 is 4.79 Å². The first-order chi connectivity index (χ1) is 15.2. The van der Waals surface area contributed by atoms with Crippen LogP contribution in [0.4, 0.5) is 0 Å². The molecule has 0 spiro atoms. The molecule has 2 heterocycles. The van der Waals surface area contributed by atoms with Gasteiger partial charge >= 0.3 is 0 Å². The van der Waals surface area contributed by atoms with E-state index in [1.165, 1.54) is 0 Å².